The Morgan fingerprint density at radius 1 is 1.26 bits per heavy atom. The van der Waals surface area contributed by atoms with Crippen LogP contribution in [-0.4, -0.2) is 35.0 Å². The molecular formula is C18H18N2O2S. The van der Waals surface area contributed by atoms with Crippen LogP contribution in [0.15, 0.2) is 42.6 Å². The summed E-state index contributed by atoms with van der Waals surface area (Å²) in [5.41, 5.74) is 2.85. The quantitative estimate of drug-likeness (QED) is 0.869. The number of rotatable bonds is 3. The van der Waals surface area contributed by atoms with E-state index >= 15 is 0 Å². The molecule has 1 amide bonds. The van der Waals surface area contributed by atoms with Crippen molar-refractivity contribution in [3.8, 4) is 5.88 Å². The van der Waals surface area contributed by atoms with E-state index in [1.165, 1.54) is 5.56 Å². The first kappa shape index (κ1) is 14.6. The highest BCUT2D eigenvalue weighted by molar-refractivity contribution is 7.99. The van der Waals surface area contributed by atoms with Gasteiger partial charge in [0.2, 0.25) is 5.88 Å². The van der Waals surface area contributed by atoms with Gasteiger partial charge in [-0.1, -0.05) is 18.2 Å². The molecule has 4 rings (SSSR count). The van der Waals surface area contributed by atoms with Gasteiger partial charge in [-0.25, -0.2) is 4.98 Å². The largest absolute Gasteiger partial charge is 0.473 e. The van der Waals surface area contributed by atoms with E-state index in [1.807, 2.05) is 40.9 Å². The molecule has 4 nitrogen and oxygen atoms in total. The molecule has 0 N–H and O–H groups in total. The number of pyridine rings is 1. The summed E-state index contributed by atoms with van der Waals surface area (Å²) in [6.07, 6.45) is 3.85. The lowest BCUT2D eigenvalue weighted by Crippen LogP contribution is -2.29. The van der Waals surface area contributed by atoms with Gasteiger partial charge in [0.15, 0.2) is 0 Å². The van der Waals surface area contributed by atoms with E-state index in [9.17, 15) is 4.79 Å². The predicted octanol–water partition coefficient (Wildman–Crippen LogP) is 3.17. The second kappa shape index (κ2) is 6.24. The number of ether oxygens (including phenoxy) is 1. The number of fused-ring (bicyclic) bond motifs is 1. The zero-order valence-corrected chi connectivity index (χ0v) is 13.6. The lowest BCUT2D eigenvalue weighted by molar-refractivity contribution is 0.0989. The van der Waals surface area contributed by atoms with Crippen LogP contribution in [0, 0.1) is 0 Å². The molecule has 1 unspecified atom stereocenters. The van der Waals surface area contributed by atoms with Gasteiger partial charge in [-0.3, -0.25) is 4.79 Å². The maximum atomic E-state index is 12.7. The Labute approximate surface area is 139 Å². The molecule has 0 radical (unpaired) electrons. The van der Waals surface area contributed by atoms with Crippen molar-refractivity contribution < 1.29 is 9.53 Å². The van der Waals surface area contributed by atoms with Crippen molar-refractivity contribution in [2.45, 2.75) is 18.9 Å². The van der Waals surface area contributed by atoms with E-state index < -0.39 is 0 Å². The van der Waals surface area contributed by atoms with Gasteiger partial charge in [0.05, 0.1) is 5.56 Å². The average molecular weight is 326 g/mol. The van der Waals surface area contributed by atoms with E-state index in [2.05, 4.69) is 11.1 Å². The third kappa shape index (κ3) is 2.93. The molecular weight excluding hydrogens is 308 g/mol. The summed E-state index contributed by atoms with van der Waals surface area (Å²) in [5.74, 6) is 2.78. The van der Waals surface area contributed by atoms with Crippen LogP contribution in [0.2, 0.25) is 0 Å². The van der Waals surface area contributed by atoms with Crippen LogP contribution in [0.5, 0.6) is 5.88 Å². The Morgan fingerprint density at radius 2 is 2.17 bits per heavy atom. The molecule has 2 aliphatic heterocycles. The van der Waals surface area contributed by atoms with Gasteiger partial charge < -0.3 is 9.64 Å². The highest BCUT2D eigenvalue weighted by Crippen LogP contribution is 2.29. The Bertz CT molecular complexity index is 711. The molecule has 2 aromatic rings. The number of nitrogens with zero attached hydrogens (tertiary/aromatic N) is 2. The van der Waals surface area contributed by atoms with Crippen LogP contribution in [0.25, 0.3) is 0 Å². The lowest BCUT2D eigenvalue weighted by atomic mass is 10.2. The van der Waals surface area contributed by atoms with Gasteiger partial charge in [0, 0.05) is 30.2 Å². The minimum absolute atomic E-state index is 0.00502. The molecule has 2 aliphatic rings. The number of carbonyl (C=O) groups excluding carboxylic acids is 1. The highest BCUT2D eigenvalue weighted by Gasteiger charge is 2.25. The minimum Gasteiger partial charge on any atom is -0.473 e. The molecule has 1 saturated heterocycles. The van der Waals surface area contributed by atoms with Crippen LogP contribution in [0.4, 0.5) is 5.69 Å². The van der Waals surface area contributed by atoms with E-state index in [0.717, 1.165) is 36.6 Å². The Hall–Kier alpha value is -2.01. The fourth-order valence-electron chi connectivity index (χ4n) is 3.06. The topological polar surface area (TPSA) is 42.4 Å². The Morgan fingerprint density at radius 3 is 2.96 bits per heavy atom. The fourth-order valence-corrected chi connectivity index (χ4v) is 4.15. The number of anilines is 1. The van der Waals surface area contributed by atoms with Crippen molar-refractivity contribution >= 4 is 23.4 Å². The van der Waals surface area contributed by atoms with Gasteiger partial charge in [0.1, 0.15) is 6.10 Å². The molecule has 1 aromatic carbocycles. The van der Waals surface area contributed by atoms with E-state index in [4.69, 9.17) is 4.74 Å². The van der Waals surface area contributed by atoms with Crippen LogP contribution in [-0.2, 0) is 6.42 Å². The normalized spacial score (nSPS) is 19.7. The summed E-state index contributed by atoms with van der Waals surface area (Å²) in [6, 6.07) is 11.7. The maximum Gasteiger partial charge on any atom is 0.259 e. The Balaban J connectivity index is 1.49. The van der Waals surface area contributed by atoms with Crippen LogP contribution >= 0.6 is 11.8 Å². The Kier molecular flexibility index (Phi) is 3.95. The third-order valence-electron chi connectivity index (χ3n) is 4.29. The molecule has 23 heavy (non-hydrogen) atoms. The van der Waals surface area contributed by atoms with Gasteiger partial charge >= 0.3 is 0 Å². The van der Waals surface area contributed by atoms with E-state index in [1.54, 1.807) is 12.3 Å². The molecule has 5 heteroatoms. The zero-order valence-electron chi connectivity index (χ0n) is 12.8. The molecule has 0 bridgehead atoms. The molecule has 0 aliphatic carbocycles. The summed E-state index contributed by atoms with van der Waals surface area (Å²) in [5, 5.41) is 0. The predicted molar refractivity (Wildman–Crippen MR) is 92.4 cm³/mol. The summed E-state index contributed by atoms with van der Waals surface area (Å²) in [4.78, 5) is 18.9. The highest BCUT2D eigenvalue weighted by atomic mass is 32.2. The summed E-state index contributed by atoms with van der Waals surface area (Å²) >= 11 is 1.91. The van der Waals surface area contributed by atoms with Crippen molar-refractivity contribution in [3.63, 3.8) is 0 Å². The molecule has 118 valence electrons. The second-order valence-electron chi connectivity index (χ2n) is 5.82. The third-order valence-corrected chi connectivity index (χ3v) is 5.42. The zero-order chi connectivity index (χ0) is 15.6. The van der Waals surface area contributed by atoms with E-state index in [0.29, 0.717) is 11.4 Å². The number of hydrogen-bond donors (Lipinski definition) is 0. The summed E-state index contributed by atoms with van der Waals surface area (Å²) in [7, 11) is 0. The first-order valence-corrected chi connectivity index (χ1v) is 9.07. The van der Waals surface area contributed by atoms with Crippen LogP contribution < -0.4 is 9.64 Å². The van der Waals surface area contributed by atoms with Crippen LogP contribution in [0.3, 0.4) is 0 Å². The minimum atomic E-state index is 0.00502. The van der Waals surface area contributed by atoms with Gasteiger partial charge in [-0.05, 0) is 36.3 Å². The average Bonchev–Trinajstić information content (AvgIpc) is 3.24. The summed E-state index contributed by atoms with van der Waals surface area (Å²) in [6.45, 7) is 0.732. The molecule has 1 atom stereocenters. The molecule has 1 aromatic heterocycles. The molecule has 1 fully saturated rings. The van der Waals surface area contributed by atoms with Gasteiger partial charge in [0.25, 0.3) is 5.91 Å². The second-order valence-corrected chi connectivity index (χ2v) is 6.97. The van der Waals surface area contributed by atoms with Crippen LogP contribution in [0.1, 0.15) is 22.3 Å². The number of hydrogen-bond acceptors (Lipinski definition) is 4. The fraction of sp³-hybridized carbons (Fsp3) is 0.333. The van der Waals surface area contributed by atoms with Crippen molar-refractivity contribution in [2.24, 2.45) is 0 Å². The number of thioether (sulfide) groups is 1. The molecule has 0 spiro atoms. The first-order valence-electron chi connectivity index (χ1n) is 7.91. The number of aromatic nitrogens is 1. The summed E-state index contributed by atoms with van der Waals surface area (Å²) < 4.78 is 5.83. The van der Waals surface area contributed by atoms with Gasteiger partial charge in [-0.2, -0.15) is 11.8 Å². The number of carbonyl (C=O) groups is 1. The number of benzene rings is 1. The number of para-hydroxylation sites is 1. The van der Waals surface area contributed by atoms with E-state index in [-0.39, 0.29) is 12.0 Å². The van der Waals surface area contributed by atoms with Crippen molar-refractivity contribution in [1.29, 1.82) is 0 Å². The first-order chi connectivity index (χ1) is 11.3. The SMILES string of the molecule is O=C(c1ccc(OC2CCSC2)nc1)N1CCc2ccccc21. The smallest absolute Gasteiger partial charge is 0.259 e. The number of amides is 1. The van der Waals surface area contributed by atoms with Crippen molar-refractivity contribution in [1.82, 2.24) is 4.98 Å². The van der Waals surface area contributed by atoms with Gasteiger partial charge in [-0.15, -0.1) is 0 Å². The molecule has 0 saturated carbocycles. The monoisotopic (exact) mass is 326 g/mol. The lowest BCUT2D eigenvalue weighted by Gasteiger charge is -2.17. The van der Waals surface area contributed by atoms with Crippen molar-refractivity contribution in [3.05, 3.63) is 53.7 Å². The van der Waals surface area contributed by atoms with Crippen molar-refractivity contribution in [2.75, 3.05) is 23.0 Å². The standard InChI is InChI=1S/C18H18N2O2S/c21-18(20-9-7-13-3-1-2-4-16(13)20)14-5-6-17(19-11-14)22-15-8-10-23-12-15/h1-6,11,15H,7-10,12H2. The molecule has 3 heterocycles. The maximum absolute atomic E-state index is 12.7.